The molecule has 0 fully saturated rings. The number of carbonyl (C=O) groups is 1. The minimum absolute atomic E-state index is 0.189. The highest BCUT2D eigenvalue weighted by Gasteiger charge is 2.06. The van der Waals surface area contributed by atoms with E-state index in [1.165, 1.54) is 17.4 Å². The van der Waals surface area contributed by atoms with Crippen molar-refractivity contribution in [1.29, 1.82) is 0 Å². The van der Waals surface area contributed by atoms with Gasteiger partial charge in [-0.3, -0.25) is 10.1 Å². The molecule has 1 aromatic carbocycles. The number of amides is 1. The lowest BCUT2D eigenvalue weighted by molar-refractivity contribution is -0.111. The fourth-order valence-corrected chi connectivity index (χ4v) is 3.24. The predicted octanol–water partition coefficient (Wildman–Crippen LogP) is 5.18. The van der Waals surface area contributed by atoms with Crippen LogP contribution in [0.5, 0.6) is 0 Å². The fraction of sp³-hybridized carbons (Fsp3) is 0. The SMILES string of the molecule is O=C(C=Cc1cccs1)Nc1nc(-c2ccc(Cl)cc2)cs1. The molecular formula is C16H11ClN2OS2. The molecule has 3 rings (SSSR count). The topological polar surface area (TPSA) is 42.0 Å². The van der Waals surface area contributed by atoms with Crippen molar-refractivity contribution >= 4 is 51.4 Å². The zero-order valence-electron chi connectivity index (χ0n) is 11.3. The van der Waals surface area contributed by atoms with Crippen molar-refractivity contribution in [3.63, 3.8) is 0 Å². The number of rotatable bonds is 4. The minimum Gasteiger partial charge on any atom is -0.298 e. The molecule has 1 N–H and O–H groups in total. The average Bonchev–Trinajstić information content (AvgIpc) is 3.17. The number of hydrogen-bond donors (Lipinski definition) is 1. The number of aromatic nitrogens is 1. The number of carbonyl (C=O) groups excluding carboxylic acids is 1. The fourth-order valence-electron chi connectivity index (χ4n) is 1.78. The summed E-state index contributed by atoms with van der Waals surface area (Å²) in [6, 6.07) is 11.3. The molecule has 3 nitrogen and oxygen atoms in total. The molecule has 0 spiro atoms. The summed E-state index contributed by atoms with van der Waals surface area (Å²) >= 11 is 8.84. The molecule has 0 aliphatic heterocycles. The summed E-state index contributed by atoms with van der Waals surface area (Å²) < 4.78 is 0. The van der Waals surface area contributed by atoms with E-state index in [-0.39, 0.29) is 5.91 Å². The van der Waals surface area contributed by atoms with Crippen molar-refractivity contribution in [1.82, 2.24) is 4.98 Å². The zero-order valence-corrected chi connectivity index (χ0v) is 13.7. The molecule has 0 atom stereocenters. The van der Waals surface area contributed by atoms with Gasteiger partial charge in [-0.1, -0.05) is 29.8 Å². The molecule has 110 valence electrons. The quantitative estimate of drug-likeness (QED) is 0.661. The smallest absolute Gasteiger partial charge is 0.250 e. The lowest BCUT2D eigenvalue weighted by atomic mass is 10.2. The van der Waals surface area contributed by atoms with Gasteiger partial charge in [0.25, 0.3) is 0 Å². The molecule has 0 aliphatic carbocycles. The third-order valence-corrected chi connectivity index (χ3v) is 4.66. The van der Waals surface area contributed by atoms with Crippen LogP contribution in [0.2, 0.25) is 5.02 Å². The Kier molecular flexibility index (Phi) is 4.68. The first-order valence-electron chi connectivity index (χ1n) is 6.45. The maximum atomic E-state index is 11.9. The van der Waals surface area contributed by atoms with E-state index in [1.54, 1.807) is 17.4 Å². The monoisotopic (exact) mass is 346 g/mol. The molecule has 0 saturated heterocycles. The predicted molar refractivity (Wildman–Crippen MR) is 94.5 cm³/mol. The maximum absolute atomic E-state index is 11.9. The first kappa shape index (κ1) is 15.0. The summed E-state index contributed by atoms with van der Waals surface area (Å²) in [5, 5.41) is 7.90. The highest BCUT2D eigenvalue weighted by atomic mass is 35.5. The summed E-state index contributed by atoms with van der Waals surface area (Å²) in [6.07, 6.45) is 3.29. The number of thiophene rings is 1. The average molecular weight is 347 g/mol. The molecule has 0 saturated carbocycles. The van der Waals surface area contributed by atoms with Crippen LogP contribution in [0.4, 0.5) is 5.13 Å². The van der Waals surface area contributed by atoms with Crippen LogP contribution >= 0.6 is 34.3 Å². The molecule has 2 heterocycles. The minimum atomic E-state index is -0.189. The molecule has 0 aliphatic rings. The third kappa shape index (κ3) is 3.82. The molecule has 0 radical (unpaired) electrons. The van der Waals surface area contributed by atoms with Gasteiger partial charge in [0.05, 0.1) is 5.69 Å². The zero-order chi connectivity index (χ0) is 15.4. The highest BCUT2D eigenvalue weighted by Crippen LogP contribution is 2.26. The van der Waals surface area contributed by atoms with Crippen LogP contribution < -0.4 is 5.32 Å². The van der Waals surface area contributed by atoms with E-state index in [4.69, 9.17) is 11.6 Å². The lowest BCUT2D eigenvalue weighted by Gasteiger charge is -1.97. The van der Waals surface area contributed by atoms with Gasteiger partial charge in [0, 0.05) is 26.9 Å². The van der Waals surface area contributed by atoms with Gasteiger partial charge in [-0.15, -0.1) is 22.7 Å². The van der Waals surface area contributed by atoms with Gasteiger partial charge < -0.3 is 0 Å². The third-order valence-electron chi connectivity index (χ3n) is 2.82. The van der Waals surface area contributed by atoms with Gasteiger partial charge in [-0.2, -0.15) is 0 Å². The highest BCUT2D eigenvalue weighted by molar-refractivity contribution is 7.14. The molecule has 22 heavy (non-hydrogen) atoms. The van der Waals surface area contributed by atoms with Crippen LogP contribution in [0.25, 0.3) is 17.3 Å². The number of nitrogens with one attached hydrogen (secondary N) is 1. The number of halogens is 1. The van der Waals surface area contributed by atoms with Crippen molar-refractivity contribution in [2.75, 3.05) is 5.32 Å². The number of hydrogen-bond acceptors (Lipinski definition) is 4. The second kappa shape index (κ2) is 6.87. The Hall–Kier alpha value is -1.95. The molecule has 1 amide bonds. The van der Waals surface area contributed by atoms with E-state index < -0.39 is 0 Å². The molecule has 6 heteroatoms. The Labute approximate surface area is 140 Å². The van der Waals surface area contributed by atoms with Crippen molar-refractivity contribution in [3.05, 3.63) is 63.1 Å². The Balaban J connectivity index is 1.66. The molecule has 2 aromatic heterocycles. The van der Waals surface area contributed by atoms with Gasteiger partial charge in [0.2, 0.25) is 5.91 Å². The second-order valence-corrected chi connectivity index (χ2v) is 6.66. The summed E-state index contributed by atoms with van der Waals surface area (Å²) in [5.41, 5.74) is 1.79. The summed E-state index contributed by atoms with van der Waals surface area (Å²) in [4.78, 5) is 17.3. The largest absolute Gasteiger partial charge is 0.298 e. The van der Waals surface area contributed by atoms with Gasteiger partial charge >= 0.3 is 0 Å². The van der Waals surface area contributed by atoms with Crippen LogP contribution in [-0.4, -0.2) is 10.9 Å². The van der Waals surface area contributed by atoms with Crippen molar-refractivity contribution in [2.45, 2.75) is 0 Å². The van der Waals surface area contributed by atoms with Crippen LogP contribution in [0.15, 0.2) is 53.2 Å². The molecule has 0 bridgehead atoms. The van der Waals surface area contributed by atoms with E-state index in [0.717, 1.165) is 16.1 Å². The van der Waals surface area contributed by atoms with Gasteiger partial charge in [-0.25, -0.2) is 4.98 Å². The number of benzene rings is 1. The number of anilines is 1. The van der Waals surface area contributed by atoms with Crippen LogP contribution in [0.1, 0.15) is 4.88 Å². The normalized spacial score (nSPS) is 11.0. The molecule has 0 unspecified atom stereocenters. The molecule has 3 aromatic rings. The van der Waals surface area contributed by atoms with Gasteiger partial charge in [-0.05, 0) is 29.7 Å². The van der Waals surface area contributed by atoms with E-state index >= 15 is 0 Å². The number of thiazole rings is 1. The van der Waals surface area contributed by atoms with Crippen molar-refractivity contribution < 1.29 is 4.79 Å². The van der Waals surface area contributed by atoms with E-state index in [2.05, 4.69) is 10.3 Å². The molecular weight excluding hydrogens is 336 g/mol. The summed E-state index contributed by atoms with van der Waals surface area (Å²) in [5.74, 6) is -0.189. The Bertz CT molecular complexity index is 792. The van der Waals surface area contributed by atoms with Crippen molar-refractivity contribution in [2.24, 2.45) is 0 Å². The second-order valence-electron chi connectivity index (χ2n) is 4.38. The first-order valence-corrected chi connectivity index (χ1v) is 8.58. The van der Waals surface area contributed by atoms with Crippen LogP contribution in [-0.2, 0) is 4.79 Å². The van der Waals surface area contributed by atoms with Gasteiger partial charge in [0.15, 0.2) is 5.13 Å². The van der Waals surface area contributed by atoms with Gasteiger partial charge in [0.1, 0.15) is 0 Å². The summed E-state index contributed by atoms with van der Waals surface area (Å²) in [7, 11) is 0. The standard InChI is InChI=1S/C16H11ClN2OS2/c17-12-5-3-11(4-6-12)14-10-22-16(18-14)19-15(20)8-7-13-2-1-9-21-13/h1-10H,(H,18,19,20). The summed E-state index contributed by atoms with van der Waals surface area (Å²) in [6.45, 7) is 0. The van der Waals surface area contributed by atoms with E-state index in [1.807, 2.05) is 47.2 Å². The Morgan fingerprint density at radius 2 is 2.00 bits per heavy atom. The number of nitrogens with zero attached hydrogens (tertiary/aromatic N) is 1. The lowest BCUT2D eigenvalue weighted by Crippen LogP contribution is -2.07. The maximum Gasteiger partial charge on any atom is 0.250 e. The van der Waals surface area contributed by atoms with Crippen LogP contribution in [0.3, 0.4) is 0 Å². The van der Waals surface area contributed by atoms with Crippen molar-refractivity contribution in [3.8, 4) is 11.3 Å². The van der Waals surface area contributed by atoms with E-state index in [9.17, 15) is 4.79 Å². The Morgan fingerprint density at radius 1 is 1.18 bits per heavy atom. The van der Waals surface area contributed by atoms with Crippen LogP contribution in [0, 0.1) is 0 Å². The Morgan fingerprint density at radius 3 is 2.73 bits per heavy atom. The first-order chi connectivity index (χ1) is 10.7. The van der Waals surface area contributed by atoms with E-state index in [0.29, 0.717) is 10.2 Å².